The van der Waals surface area contributed by atoms with Gasteiger partial charge in [0.05, 0.1) is 24.2 Å². The summed E-state index contributed by atoms with van der Waals surface area (Å²) < 4.78 is 13.9. The quantitative estimate of drug-likeness (QED) is 0.135. The average Bonchev–Trinajstić information content (AvgIpc) is 3.34. The summed E-state index contributed by atoms with van der Waals surface area (Å²) in [5, 5.41) is 18.5. The van der Waals surface area contributed by atoms with Crippen molar-refractivity contribution in [3.8, 4) is 17.3 Å². The van der Waals surface area contributed by atoms with E-state index in [2.05, 4.69) is 31.0 Å². The minimum atomic E-state index is -1.34. The van der Waals surface area contributed by atoms with Crippen LogP contribution in [0, 0.1) is 24.7 Å². The number of nitrogens with one attached hydrogen (secondary N) is 1. The fourth-order valence-electron chi connectivity index (χ4n) is 6.63. The highest BCUT2D eigenvalue weighted by atomic mass is 16.5. The molecule has 2 aromatic heterocycles. The molecular weight excluding hydrogens is 610 g/mol. The molecule has 0 saturated heterocycles. The highest BCUT2D eigenvalue weighted by Crippen LogP contribution is 2.46. The molecule has 2 heterocycles. The molecular formula is C37H49N5O6. The van der Waals surface area contributed by atoms with E-state index in [4.69, 9.17) is 19.6 Å². The molecule has 0 bridgehead atoms. The Bertz CT molecular complexity index is 1690. The smallest absolute Gasteiger partial charge is 0.330 e. The highest BCUT2D eigenvalue weighted by Gasteiger charge is 2.61. The lowest BCUT2D eigenvalue weighted by atomic mass is 9.93. The number of fused-ring (bicyclic) bond motifs is 1. The van der Waals surface area contributed by atoms with Crippen LogP contribution in [0.3, 0.4) is 0 Å². The SMILES string of the molecule is COc1ccc2c(O[C@H]3C[C@@H](C=O)[C@H](C(=O)N[C@]4(C(=O)O)C[C@H]4/C=C\CCCCN(C)C)C3)cc(-n3ccc(C(C)(C)C)n3)nc2c1C. The van der Waals surface area contributed by atoms with Crippen LogP contribution in [-0.4, -0.2) is 82.3 Å². The molecule has 258 valence electrons. The van der Waals surface area contributed by atoms with E-state index in [1.807, 2.05) is 63.6 Å². The number of amides is 1. The number of hydrogen-bond acceptors (Lipinski definition) is 8. The van der Waals surface area contributed by atoms with Gasteiger partial charge in [-0.1, -0.05) is 32.9 Å². The monoisotopic (exact) mass is 659 g/mol. The zero-order chi connectivity index (χ0) is 34.8. The van der Waals surface area contributed by atoms with Gasteiger partial charge in [0, 0.05) is 40.5 Å². The van der Waals surface area contributed by atoms with Crippen molar-refractivity contribution in [1.82, 2.24) is 25.0 Å². The molecule has 1 amide bonds. The first-order valence-corrected chi connectivity index (χ1v) is 16.8. The number of pyridine rings is 1. The van der Waals surface area contributed by atoms with Gasteiger partial charge in [0.25, 0.3) is 0 Å². The Morgan fingerprint density at radius 1 is 1.17 bits per heavy atom. The molecule has 0 unspecified atom stereocenters. The number of ether oxygens (including phenoxy) is 2. The number of aryl methyl sites for hydroxylation is 1. The van der Waals surface area contributed by atoms with E-state index in [1.165, 1.54) is 0 Å². The van der Waals surface area contributed by atoms with Crippen LogP contribution in [0.25, 0.3) is 16.7 Å². The molecule has 11 heteroatoms. The summed E-state index contributed by atoms with van der Waals surface area (Å²) in [5.74, 6) is -1.23. The van der Waals surface area contributed by atoms with Crippen LogP contribution in [0.15, 0.2) is 42.6 Å². The van der Waals surface area contributed by atoms with Gasteiger partial charge < -0.3 is 29.6 Å². The number of carboxylic acid groups (broad SMARTS) is 1. The minimum absolute atomic E-state index is 0.147. The van der Waals surface area contributed by atoms with E-state index >= 15 is 0 Å². The van der Waals surface area contributed by atoms with Crippen molar-refractivity contribution < 1.29 is 29.0 Å². The molecule has 48 heavy (non-hydrogen) atoms. The molecule has 2 aliphatic carbocycles. The number of methoxy groups -OCH3 is 1. The lowest BCUT2D eigenvalue weighted by Crippen LogP contribution is -2.48. The summed E-state index contributed by atoms with van der Waals surface area (Å²) in [6.07, 6.45) is 10.0. The van der Waals surface area contributed by atoms with E-state index in [0.717, 1.165) is 48.7 Å². The third kappa shape index (κ3) is 7.41. The summed E-state index contributed by atoms with van der Waals surface area (Å²) in [7, 11) is 5.69. The number of aromatic nitrogens is 3. The summed E-state index contributed by atoms with van der Waals surface area (Å²) in [4.78, 5) is 45.2. The number of carboxylic acids is 1. The number of allylic oxidation sites excluding steroid dienone is 1. The first-order valence-electron chi connectivity index (χ1n) is 16.8. The van der Waals surface area contributed by atoms with Crippen LogP contribution in [0.5, 0.6) is 11.5 Å². The molecule has 1 aromatic carbocycles. The van der Waals surface area contributed by atoms with Crippen LogP contribution in [0.4, 0.5) is 0 Å². The molecule has 5 atom stereocenters. The third-order valence-corrected chi connectivity index (χ3v) is 9.66. The normalized spacial score (nSPS) is 23.9. The Morgan fingerprint density at radius 2 is 1.94 bits per heavy atom. The molecule has 2 aliphatic rings. The lowest BCUT2D eigenvalue weighted by molar-refractivity contribution is -0.144. The van der Waals surface area contributed by atoms with E-state index in [1.54, 1.807) is 11.8 Å². The van der Waals surface area contributed by atoms with Gasteiger partial charge in [-0.05, 0) is 84.3 Å². The first kappa shape index (κ1) is 35.1. The maximum Gasteiger partial charge on any atom is 0.330 e. The number of aliphatic carboxylic acids is 1. The van der Waals surface area contributed by atoms with Gasteiger partial charge in [0.1, 0.15) is 29.4 Å². The van der Waals surface area contributed by atoms with Crippen molar-refractivity contribution in [1.29, 1.82) is 0 Å². The summed E-state index contributed by atoms with van der Waals surface area (Å²) in [5.41, 5.74) is 0.973. The predicted molar refractivity (Wildman–Crippen MR) is 184 cm³/mol. The van der Waals surface area contributed by atoms with Gasteiger partial charge in [-0.2, -0.15) is 5.10 Å². The average molecular weight is 660 g/mol. The van der Waals surface area contributed by atoms with E-state index in [-0.39, 0.29) is 17.8 Å². The predicted octanol–water partition coefficient (Wildman–Crippen LogP) is 5.26. The summed E-state index contributed by atoms with van der Waals surface area (Å²) in [6.45, 7) is 9.24. The Morgan fingerprint density at radius 3 is 2.58 bits per heavy atom. The molecule has 5 rings (SSSR count). The van der Waals surface area contributed by atoms with Gasteiger partial charge in [0.2, 0.25) is 5.91 Å². The lowest BCUT2D eigenvalue weighted by Gasteiger charge is -2.20. The Hall–Kier alpha value is -4.25. The van der Waals surface area contributed by atoms with Crippen LogP contribution in [-0.2, 0) is 19.8 Å². The maximum atomic E-state index is 13.6. The fourth-order valence-corrected chi connectivity index (χ4v) is 6.63. The molecule has 0 spiro atoms. The number of benzene rings is 1. The third-order valence-electron chi connectivity index (χ3n) is 9.66. The summed E-state index contributed by atoms with van der Waals surface area (Å²) >= 11 is 0. The molecule has 2 fully saturated rings. The van der Waals surface area contributed by atoms with E-state index < -0.39 is 35.4 Å². The van der Waals surface area contributed by atoms with Crippen molar-refractivity contribution in [2.24, 2.45) is 17.8 Å². The number of hydrogen-bond donors (Lipinski definition) is 2. The summed E-state index contributed by atoms with van der Waals surface area (Å²) in [6, 6.07) is 7.56. The largest absolute Gasteiger partial charge is 0.496 e. The number of carbonyl (C=O) groups is 3. The molecule has 3 aromatic rings. The van der Waals surface area contributed by atoms with Crippen molar-refractivity contribution >= 4 is 29.1 Å². The van der Waals surface area contributed by atoms with Crippen LogP contribution in [0.2, 0.25) is 0 Å². The van der Waals surface area contributed by atoms with Gasteiger partial charge in [0.15, 0.2) is 5.82 Å². The maximum absolute atomic E-state index is 13.6. The number of aldehydes is 1. The van der Waals surface area contributed by atoms with Crippen molar-refractivity contribution in [3.63, 3.8) is 0 Å². The second-order valence-corrected chi connectivity index (χ2v) is 14.6. The second-order valence-electron chi connectivity index (χ2n) is 14.6. The van der Waals surface area contributed by atoms with Crippen LogP contribution < -0.4 is 14.8 Å². The molecule has 11 nitrogen and oxygen atoms in total. The molecule has 2 saturated carbocycles. The molecule has 2 N–H and O–H groups in total. The minimum Gasteiger partial charge on any atom is -0.496 e. The Kier molecular flexibility index (Phi) is 10.3. The van der Waals surface area contributed by atoms with Crippen molar-refractivity contribution in [2.45, 2.75) is 83.3 Å². The zero-order valence-corrected chi connectivity index (χ0v) is 29.2. The first-order chi connectivity index (χ1) is 22.8. The Labute approximate surface area is 282 Å². The van der Waals surface area contributed by atoms with Crippen LogP contribution >= 0.6 is 0 Å². The zero-order valence-electron chi connectivity index (χ0n) is 29.2. The van der Waals surface area contributed by atoms with E-state index in [0.29, 0.717) is 35.7 Å². The number of nitrogens with zero attached hydrogens (tertiary/aromatic N) is 4. The van der Waals surface area contributed by atoms with Gasteiger partial charge in [-0.3, -0.25) is 4.79 Å². The standard InChI is InChI=1S/C37H49N5O6/c1-23-29(47-7)14-13-27-30(20-32(38-33(23)27)42-17-15-31(40-42)36(2,3)4)48-26-18-24(22-43)28(19-26)34(44)39-37(35(45)46)21-25(37)12-10-8-9-11-16-41(5)6/h10,12-15,17,20,22,24-26,28H,8-9,11,16,18-19,21H2,1-7H3,(H,39,44)(H,45,46)/b12-10-/t24-,25+,26-,28+,37+/m0/s1. The second kappa shape index (κ2) is 14.1. The Balaban J connectivity index is 1.34. The number of rotatable bonds is 14. The molecule has 0 aliphatic heterocycles. The van der Waals surface area contributed by atoms with Gasteiger partial charge in [-0.25, -0.2) is 14.5 Å². The number of carbonyl (C=O) groups excluding carboxylic acids is 2. The van der Waals surface area contributed by atoms with Gasteiger partial charge in [-0.15, -0.1) is 0 Å². The van der Waals surface area contributed by atoms with Gasteiger partial charge >= 0.3 is 5.97 Å². The highest BCUT2D eigenvalue weighted by molar-refractivity contribution is 5.93. The van der Waals surface area contributed by atoms with E-state index in [9.17, 15) is 19.5 Å². The molecule has 0 radical (unpaired) electrons. The van der Waals surface area contributed by atoms with Crippen LogP contribution in [0.1, 0.15) is 70.6 Å². The topological polar surface area (TPSA) is 136 Å². The van der Waals surface area contributed by atoms with Crippen molar-refractivity contribution in [3.05, 3.63) is 53.9 Å². The number of unbranched alkanes of at least 4 members (excludes halogenated alkanes) is 2. The van der Waals surface area contributed by atoms with Crippen molar-refractivity contribution in [2.75, 3.05) is 27.7 Å². The fraction of sp³-hybridized carbons (Fsp3) is 0.541.